The summed E-state index contributed by atoms with van der Waals surface area (Å²) < 4.78 is 5.53. The molecule has 0 saturated carbocycles. The number of anilines is 2. The maximum atomic E-state index is 13.1. The molecule has 1 heterocycles. The minimum Gasteiger partial charge on any atom is -0.484 e. The second kappa shape index (κ2) is 10.8. The molecule has 182 valence electrons. The lowest BCUT2D eigenvalue weighted by Crippen LogP contribution is -2.54. The summed E-state index contributed by atoms with van der Waals surface area (Å²) in [6.07, 6.45) is 1.31. The van der Waals surface area contributed by atoms with Crippen LogP contribution in [0, 0.1) is 0 Å². The number of imide groups is 2. The number of rotatable bonds is 6. The molecule has 1 saturated heterocycles. The van der Waals surface area contributed by atoms with E-state index in [0.717, 1.165) is 4.90 Å². The Kier molecular flexibility index (Phi) is 7.59. The third kappa shape index (κ3) is 5.68. The van der Waals surface area contributed by atoms with Gasteiger partial charge in [-0.3, -0.25) is 19.7 Å². The Labute approximate surface area is 220 Å². The van der Waals surface area contributed by atoms with Crippen molar-refractivity contribution in [2.75, 3.05) is 16.8 Å². The Morgan fingerprint density at radius 3 is 2.44 bits per heavy atom. The maximum absolute atomic E-state index is 13.1. The monoisotopic (exact) mass is 543 g/mol. The SMILES string of the molecule is O=C(COc1cccc(/C=C2/C(=O)NC(=O)N(c3ccc(Cl)c(Cl)c3)C2=O)c1)Nc1ccccc1Cl. The number of carbonyl (C=O) groups excluding carboxylic acids is 4. The Morgan fingerprint density at radius 2 is 1.69 bits per heavy atom. The summed E-state index contributed by atoms with van der Waals surface area (Å²) in [5.41, 5.74) is 0.747. The molecule has 0 bridgehead atoms. The number of benzene rings is 3. The third-order valence-electron chi connectivity index (χ3n) is 4.95. The molecule has 0 spiro atoms. The molecule has 0 aliphatic carbocycles. The number of amides is 5. The van der Waals surface area contributed by atoms with Gasteiger partial charge in [0.15, 0.2) is 6.61 Å². The van der Waals surface area contributed by atoms with Gasteiger partial charge in [-0.1, -0.05) is 59.1 Å². The van der Waals surface area contributed by atoms with Crippen molar-refractivity contribution in [2.45, 2.75) is 0 Å². The van der Waals surface area contributed by atoms with E-state index in [0.29, 0.717) is 22.0 Å². The number of para-hydroxylation sites is 1. The highest BCUT2D eigenvalue weighted by molar-refractivity contribution is 6.43. The van der Waals surface area contributed by atoms with Crippen molar-refractivity contribution in [2.24, 2.45) is 0 Å². The fraction of sp³-hybridized carbons (Fsp3) is 0.0400. The molecule has 1 aliphatic heterocycles. The average molecular weight is 545 g/mol. The molecule has 3 aromatic rings. The van der Waals surface area contributed by atoms with Crippen molar-refractivity contribution in [3.63, 3.8) is 0 Å². The van der Waals surface area contributed by atoms with Crippen LogP contribution in [-0.2, 0) is 14.4 Å². The topological polar surface area (TPSA) is 105 Å². The van der Waals surface area contributed by atoms with Gasteiger partial charge in [0.05, 0.1) is 26.4 Å². The van der Waals surface area contributed by atoms with Gasteiger partial charge < -0.3 is 10.1 Å². The first-order chi connectivity index (χ1) is 17.2. The second-order valence-corrected chi connectivity index (χ2v) is 8.67. The Balaban J connectivity index is 1.50. The van der Waals surface area contributed by atoms with Crippen LogP contribution in [0.5, 0.6) is 5.75 Å². The molecule has 2 N–H and O–H groups in total. The third-order valence-corrected chi connectivity index (χ3v) is 6.02. The Morgan fingerprint density at radius 1 is 0.917 bits per heavy atom. The van der Waals surface area contributed by atoms with Crippen LogP contribution in [0.2, 0.25) is 15.1 Å². The number of halogens is 3. The maximum Gasteiger partial charge on any atom is 0.335 e. The van der Waals surface area contributed by atoms with Crippen molar-refractivity contribution in [1.29, 1.82) is 0 Å². The van der Waals surface area contributed by atoms with Gasteiger partial charge in [-0.2, -0.15) is 0 Å². The second-order valence-electron chi connectivity index (χ2n) is 7.45. The minimum atomic E-state index is -0.915. The predicted octanol–water partition coefficient (Wildman–Crippen LogP) is 5.33. The lowest BCUT2D eigenvalue weighted by molar-refractivity contribution is -0.122. The highest BCUT2D eigenvalue weighted by Gasteiger charge is 2.37. The quantitative estimate of drug-likeness (QED) is 0.322. The van der Waals surface area contributed by atoms with E-state index in [1.807, 2.05) is 0 Å². The smallest absolute Gasteiger partial charge is 0.335 e. The molecule has 5 amide bonds. The first-order valence-corrected chi connectivity index (χ1v) is 11.5. The standard InChI is InChI=1S/C25H16Cl3N3O5/c26-18-9-8-15(12-20(18)28)31-24(34)17(23(33)30-25(31)35)11-14-4-3-5-16(10-14)36-13-22(32)29-21-7-2-1-6-19(21)27/h1-12H,13H2,(H,29,32)(H,30,33,35)/b17-11-. The highest BCUT2D eigenvalue weighted by Crippen LogP contribution is 2.29. The first-order valence-electron chi connectivity index (χ1n) is 10.4. The number of nitrogens with zero attached hydrogens (tertiary/aromatic N) is 1. The molecule has 3 aromatic carbocycles. The number of nitrogens with one attached hydrogen (secondary N) is 2. The lowest BCUT2D eigenvalue weighted by Gasteiger charge is -2.26. The average Bonchev–Trinajstić information content (AvgIpc) is 2.84. The van der Waals surface area contributed by atoms with Gasteiger partial charge >= 0.3 is 6.03 Å². The highest BCUT2D eigenvalue weighted by atomic mass is 35.5. The van der Waals surface area contributed by atoms with E-state index >= 15 is 0 Å². The van der Waals surface area contributed by atoms with Gasteiger partial charge in [0, 0.05) is 0 Å². The van der Waals surface area contributed by atoms with Crippen LogP contribution in [-0.4, -0.2) is 30.4 Å². The number of barbiturate groups is 1. The molecule has 1 aliphatic rings. The lowest BCUT2D eigenvalue weighted by atomic mass is 10.1. The first kappa shape index (κ1) is 25.2. The van der Waals surface area contributed by atoms with E-state index in [1.54, 1.807) is 42.5 Å². The number of carbonyl (C=O) groups is 4. The Bertz CT molecular complexity index is 1420. The van der Waals surface area contributed by atoms with Crippen LogP contribution >= 0.6 is 34.8 Å². The van der Waals surface area contributed by atoms with E-state index in [1.165, 1.54) is 30.3 Å². The fourth-order valence-corrected chi connectivity index (χ4v) is 3.75. The van der Waals surface area contributed by atoms with Crippen LogP contribution in [0.15, 0.2) is 72.3 Å². The van der Waals surface area contributed by atoms with Gasteiger partial charge in [0.1, 0.15) is 11.3 Å². The predicted molar refractivity (Wildman–Crippen MR) is 137 cm³/mol. The van der Waals surface area contributed by atoms with Gasteiger partial charge in [0.2, 0.25) is 0 Å². The summed E-state index contributed by atoms with van der Waals surface area (Å²) in [6, 6.07) is 16.5. The summed E-state index contributed by atoms with van der Waals surface area (Å²) in [4.78, 5) is 50.9. The summed E-state index contributed by atoms with van der Waals surface area (Å²) in [5.74, 6) is -1.80. The van der Waals surface area contributed by atoms with Crippen molar-refractivity contribution < 1.29 is 23.9 Å². The van der Waals surface area contributed by atoms with Crippen molar-refractivity contribution >= 4 is 76.0 Å². The Hall–Kier alpha value is -3.85. The molecule has 11 heteroatoms. The zero-order chi connectivity index (χ0) is 25.8. The van der Waals surface area contributed by atoms with Gasteiger partial charge in [-0.15, -0.1) is 0 Å². The minimum absolute atomic E-state index is 0.139. The fourth-order valence-electron chi connectivity index (χ4n) is 3.27. The molecular weight excluding hydrogens is 529 g/mol. The van der Waals surface area contributed by atoms with E-state index in [2.05, 4.69) is 10.6 Å². The van der Waals surface area contributed by atoms with Gasteiger partial charge in [-0.05, 0) is 54.1 Å². The molecule has 1 fully saturated rings. The summed E-state index contributed by atoms with van der Waals surface area (Å²) in [6.45, 7) is -0.301. The zero-order valence-corrected chi connectivity index (χ0v) is 20.5. The van der Waals surface area contributed by atoms with Crippen LogP contribution in [0.25, 0.3) is 6.08 Å². The summed E-state index contributed by atoms with van der Waals surface area (Å²) in [7, 11) is 0. The molecule has 0 radical (unpaired) electrons. The van der Waals surface area contributed by atoms with E-state index in [4.69, 9.17) is 39.5 Å². The van der Waals surface area contributed by atoms with Crippen molar-refractivity contribution in [3.05, 3.63) is 92.9 Å². The number of ether oxygens (including phenoxy) is 1. The molecule has 4 rings (SSSR count). The van der Waals surface area contributed by atoms with Gasteiger partial charge in [-0.25, -0.2) is 9.69 Å². The summed E-state index contributed by atoms with van der Waals surface area (Å²) >= 11 is 18.0. The van der Waals surface area contributed by atoms with Crippen molar-refractivity contribution in [1.82, 2.24) is 5.32 Å². The van der Waals surface area contributed by atoms with Crippen LogP contribution in [0.3, 0.4) is 0 Å². The molecule has 0 atom stereocenters. The molecule has 36 heavy (non-hydrogen) atoms. The van der Waals surface area contributed by atoms with Crippen molar-refractivity contribution in [3.8, 4) is 5.75 Å². The largest absolute Gasteiger partial charge is 0.484 e. The van der Waals surface area contributed by atoms with Crippen LogP contribution < -0.4 is 20.3 Å². The number of hydrogen-bond acceptors (Lipinski definition) is 5. The van der Waals surface area contributed by atoms with Gasteiger partial charge in [0.25, 0.3) is 17.7 Å². The van der Waals surface area contributed by atoms with E-state index in [9.17, 15) is 19.2 Å². The van der Waals surface area contributed by atoms with E-state index in [-0.39, 0.29) is 27.9 Å². The molecule has 8 nitrogen and oxygen atoms in total. The van der Waals surface area contributed by atoms with E-state index < -0.39 is 23.8 Å². The molecule has 0 unspecified atom stereocenters. The summed E-state index contributed by atoms with van der Waals surface area (Å²) in [5, 5.41) is 5.55. The van der Waals surface area contributed by atoms with Crippen LogP contribution in [0.4, 0.5) is 16.2 Å². The zero-order valence-electron chi connectivity index (χ0n) is 18.3. The number of hydrogen-bond donors (Lipinski definition) is 2. The normalized spacial score (nSPS) is 14.6. The number of urea groups is 1. The van der Waals surface area contributed by atoms with Crippen LogP contribution in [0.1, 0.15) is 5.56 Å². The molecular formula is C25H16Cl3N3O5. The molecule has 0 aromatic heterocycles.